The first-order chi connectivity index (χ1) is 11.4. The highest BCUT2D eigenvalue weighted by molar-refractivity contribution is 7.89. The maximum absolute atomic E-state index is 12.5. The van der Waals surface area contributed by atoms with Crippen molar-refractivity contribution in [3.8, 4) is 0 Å². The highest BCUT2D eigenvalue weighted by Gasteiger charge is 2.40. The molecule has 1 aliphatic heterocycles. The molecule has 3 N–H and O–H groups in total. The fourth-order valence-electron chi connectivity index (χ4n) is 2.74. The number of hydrogen-bond donors (Lipinski definition) is 3. The van der Waals surface area contributed by atoms with Gasteiger partial charge in [0.25, 0.3) is 0 Å². The second-order valence-corrected chi connectivity index (χ2v) is 8.88. The van der Waals surface area contributed by atoms with E-state index in [1.807, 2.05) is 13.8 Å². The summed E-state index contributed by atoms with van der Waals surface area (Å²) in [5.74, 6) is -0.364. The summed E-state index contributed by atoms with van der Waals surface area (Å²) < 4.78 is 27.5. The van der Waals surface area contributed by atoms with Gasteiger partial charge in [0.1, 0.15) is 0 Å². The van der Waals surface area contributed by atoms with E-state index in [2.05, 4.69) is 15.4 Å². The molecule has 0 radical (unpaired) electrons. The number of rotatable bonds is 6. The first-order valence-electron chi connectivity index (χ1n) is 8.21. The van der Waals surface area contributed by atoms with Crippen LogP contribution >= 0.6 is 0 Å². The SMILES string of the molecule is Cc1cc(S(=O)(=O)NCCC(=O)NC(C)C)cc2c1NC(=O)C2(C)C. The predicted molar refractivity (Wildman–Crippen MR) is 95.9 cm³/mol. The summed E-state index contributed by atoms with van der Waals surface area (Å²) in [5.41, 5.74) is 1.23. The monoisotopic (exact) mass is 367 g/mol. The van der Waals surface area contributed by atoms with Crippen molar-refractivity contribution >= 4 is 27.5 Å². The van der Waals surface area contributed by atoms with Crippen LogP contribution < -0.4 is 15.4 Å². The third kappa shape index (κ3) is 4.01. The van der Waals surface area contributed by atoms with Gasteiger partial charge in [-0.15, -0.1) is 0 Å². The molecule has 0 saturated heterocycles. The van der Waals surface area contributed by atoms with E-state index < -0.39 is 15.4 Å². The van der Waals surface area contributed by atoms with E-state index in [1.165, 1.54) is 12.1 Å². The van der Waals surface area contributed by atoms with E-state index in [4.69, 9.17) is 0 Å². The summed E-state index contributed by atoms with van der Waals surface area (Å²) >= 11 is 0. The van der Waals surface area contributed by atoms with Crippen molar-refractivity contribution in [3.05, 3.63) is 23.3 Å². The van der Waals surface area contributed by atoms with Crippen LogP contribution in [0, 0.1) is 6.92 Å². The number of carbonyl (C=O) groups is 2. The van der Waals surface area contributed by atoms with E-state index in [-0.39, 0.29) is 35.7 Å². The number of fused-ring (bicyclic) bond motifs is 1. The molecule has 0 fully saturated rings. The Morgan fingerprint density at radius 2 is 1.92 bits per heavy atom. The molecule has 138 valence electrons. The molecule has 0 unspecified atom stereocenters. The summed E-state index contributed by atoms with van der Waals surface area (Å²) in [6, 6.07) is 3.06. The molecule has 1 aromatic rings. The number of hydrogen-bond acceptors (Lipinski definition) is 4. The number of nitrogens with one attached hydrogen (secondary N) is 3. The van der Waals surface area contributed by atoms with Crippen LogP contribution in [0.3, 0.4) is 0 Å². The zero-order valence-electron chi connectivity index (χ0n) is 15.2. The Hall–Kier alpha value is -1.93. The zero-order valence-corrected chi connectivity index (χ0v) is 16.0. The lowest BCUT2D eigenvalue weighted by atomic mass is 9.85. The van der Waals surface area contributed by atoms with Gasteiger partial charge < -0.3 is 10.6 Å². The largest absolute Gasteiger partial charge is 0.354 e. The fraction of sp³-hybridized carbons (Fsp3) is 0.529. The number of anilines is 1. The van der Waals surface area contributed by atoms with Crippen LogP contribution in [-0.2, 0) is 25.0 Å². The first-order valence-corrected chi connectivity index (χ1v) is 9.69. The number of sulfonamides is 1. The van der Waals surface area contributed by atoms with Gasteiger partial charge in [-0.1, -0.05) is 0 Å². The first kappa shape index (κ1) is 19.4. The Kier molecular flexibility index (Phi) is 5.24. The number of amides is 2. The lowest BCUT2D eigenvalue weighted by Crippen LogP contribution is -2.34. The molecule has 7 nitrogen and oxygen atoms in total. The minimum absolute atomic E-state index is 0.00994. The van der Waals surface area contributed by atoms with Gasteiger partial charge in [-0.2, -0.15) is 0 Å². The minimum Gasteiger partial charge on any atom is -0.354 e. The zero-order chi connectivity index (χ0) is 19.0. The minimum atomic E-state index is -3.77. The average molecular weight is 367 g/mol. The summed E-state index contributed by atoms with van der Waals surface area (Å²) in [5, 5.41) is 5.51. The molecule has 25 heavy (non-hydrogen) atoms. The fourth-order valence-corrected chi connectivity index (χ4v) is 3.88. The number of aryl methyl sites for hydroxylation is 1. The Bertz CT molecular complexity index is 813. The van der Waals surface area contributed by atoms with E-state index in [0.717, 1.165) is 0 Å². The summed E-state index contributed by atoms with van der Waals surface area (Å²) in [4.78, 5) is 23.8. The molecule has 1 heterocycles. The molecule has 0 bridgehead atoms. The molecule has 0 aromatic heterocycles. The third-order valence-electron chi connectivity index (χ3n) is 4.19. The molecule has 0 aliphatic carbocycles. The van der Waals surface area contributed by atoms with Crippen LogP contribution in [-0.4, -0.2) is 32.8 Å². The Morgan fingerprint density at radius 3 is 2.52 bits per heavy atom. The highest BCUT2D eigenvalue weighted by Crippen LogP contribution is 2.40. The van der Waals surface area contributed by atoms with Crippen molar-refractivity contribution in [3.63, 3.8) is 0 Å². The second-order valence-electron chi connectivity index (χ2n) is 7.11. The maximum Gasteiger partial charge on any atom is 0.240 e. The molecule has 2 rings (SSSR count). The van der Waals surface area contributed by atoms with Crippen molar-refractivity contribution in [1.82, 2.24) is 10.0 Å². The van der Waals surface area contributed by atoms with Crippen LogP contribution in [0.4, 0.5) is 5.69 Å². The third-order valence-corrected chi connectivity index (χ3v) is 5.63. The molecule has 8 heteroatoms. The normalized spacial score (nSPS) is 15.8. The van der Waals surface area contributed by atoms with E-state index >= 15 is 0 Å². The number of benzene rings is 1. The van der Waals surface area contributed by atoms with Gasteiger partial charge in [-0.25, -0.2) is 13.1 Å². The molecule has 0 saturated carbocycles. The molecule has 1 aliphatic rings. The van der Waals surface area contributed by atoms with E-state index in [0.29, 0.717) is 16.8 Å². The van der Waals surface area contributed by atoms with Crippen LogP contribution in [0.2, 0.25) is 0 Å². The average Bonchev–Trinajstić information content (AvgIpc) is 2.69. The molecule has 2 amide bonds. The van der Waals surface area contributed by atoms with Gasteiger partial charge in [0.15, 0.2) is 0 Å². The van der Waals surface area contributed by atoms with E-state index in [9.17, 15) is 18.0 Å². The topological polar surface area (TPSA) is 104 Å². The van der Waals surface area contributed by atoms with E-state index in [1.54, 1.807) is 20.8 Å². The van der Waals surface area contributed by atoms with Gasteiger partial charge in [0.2, 0.25) is 21.8 Å². The quantitative estimate of drug-likeness (QED) is 0.707. The molecule has 1 aromatic carbocycles. The van der Waals surface area contributed by atoms with Crippen molar-refractivity contribution < 1.29 is 18.0 Å². The molecular formula is C17H25N3O4S. The van der Waals surface area contributed by atoms with Crippen LogP contribution in [0.25, 0.3) is 0 Å². The van der Waals surface area contributed by atoms with Gasteiger partial charge in [-0.3, -0.25) is 9.59 Å². The Balaban J connectivity index is 2.19. The van der Waals surface area contributed by atoms with Crippen LogP contribution in [0.15, 0.2) is 17.0 Å². The number of carbonyl (C=O) groups excluding carboxylic acids is 2. The smallest absolute Gasteiger partial charge is 0.240 e. The Labute approximate surface area is 148 Å². The lowest BCUT2D eigenvalue weighted by Gasteiger charge is -2.17. The highest BCUT2D eigenvalue weighted by atomic mass is 32.2. The van der Waals surface area contributed by atoms with Gasteiger partial charge in [-0.05, 0) is 57.9 Å². The predicted octanol–water partition coefficient (Wildman–Crippen LogP) is 1.42. The maximum atomic E-state index is 12.5. The molecular weight excluding hydrogens is 342 g/mol. The van der Waals surface area contributed by atoms with Crippen molar-refractivity contribution in [2.24, 2.45) is 0 Å². The standard InChI is InChI=1S/C17H25N3O4S/c1-10(2)19-14(21)6-7-18-25(23,24)12-8-11(3)15-13(9-12)17(4,5)16(22)20-15/h8-10,18H,6-7H2,1-5H3,(H,19,21)(H,20,22). The summed E-state index contributed by atoms with van der Waals surface area (Å²) in [6.07, 6.45) is 0.0624. The van der Waals surface area contributed by atoms with Gasteiger partial charge in [0, 0.05) is 24.7 Å². The Morgan fingerprint density at radius 1 is 1.28 bits per heavy atom. The van der Waals surface area contributed by atoms with Crippen molar-refractivity contribution in [2.75, 3.05) is 11.9 Å². The summed E-state index contributed by atoms with van der Waals surface area (Å²) in [7, 11) is -3.77. The van der Waals surface area contributed by atoms with Crippen LogP contribution in [0.1, 0.15) is 45.2 Å². The second kappa shape index (κ2) is 6.76. The van der Waals surface area contributed by atoms with Crippen molar-refractivity contribution in [1.29, 1.82) is 0 Å². The summed E-state index contributed by atoms with van der Waals surface area (Å²) in [6.45, 7) is 8.97. The van der Waals surface area contributed by atoms with Crippen LogP contribution in [0.5, 0.6) is 0 Å². The lowest BCUT2D eigenvalue weighted by molar-refractivity contribution is -0.121. The van der Waals surface area contributed by atoms with Crippen molar-refractivity contribution in [2.45, 2.75) is 57.4 Å². The van der Waals surface area contributed by atoms with Gasteiger partial charge >= 0.3 is 0 Å². The van der Waals surface area contributed by atoms with Gasteiger partial charge in [0.05, 0.1) is 10.3 Å². The molecule has 0 spiro atoms. The molecule has 0 atom stereocenters.